The predicted molar refractivity (Wildman–Crippen MR) is 88.2 cm³/mol. The van der Waals surface area contributed by atoms with Crippen LogP contribution in [-0.2, 0) is 10.2 Å². The average molecular weight is 319 g/mol. The fourth-order valence-corrected chi connectivity index (χ4v) is 4.09. The van der Waals surface area contributed by atoms with Gasteiger partial charge in [0, 0.05) is 17.5 Å². The van der Waals surface area contributed by atoms with Gasteiger partial charge in [-0.25, -0.2) is 0 Å². The van der Waals surface area contributed by atoms with Gasteiger partial charge in [-0.2, -0.15) is 0 Å². The molecule has 1 spiro atoms. The Morgan fingerprint density at radius 2 is 1.88 bits per heavy atom. The van der Waals surface area contributed by atoms with Gasteiger partial charge in [-0.3, -0.25) is 14.9 Å². The molecule has 2 heterocycles. The average Bonchev–Trinajstić information content (AvgIpc) is 3.44. The number of carbonyl (C=O) groups is 2. The van der Waals surface area contributed by atoms with Crippen LogP contribution in [0.4, 0.5) is 0 Å². The third kappa shape index (κ3) is 1.74. The second kappa shape index (κ2) is 4.69. The highest BCUT2D eigenvalue weighted by molar-refractivity contribution is 6.14. The maximum absolute atomic E-state index is 13.0. The van der Waals surface area contributed by atoms with Crippen LogP contribution in [0.1, 0.15) is 52.2 Å². The molecule has 0 saturated heterocycles. The lowest BCUT2D eigenvalue weighted by atomic mass is 9.66. The molecule has 1 fully saturated rings. The van der Waals surface area contributed by atoms with Crippen molar-refractivity contribution in [1.29, 1.82) is 0 Å². The van der Waals surface area contributed by atoms with E-state index < -0.39 is 5.41 Å². The number of nitrogens with one attached hydrogen (secondary N) is 1. The van der Waals surface area contributed by atoms with Gasteiger partial charge in [0.2, 0.25) is 5.91 Å². The first kappa shape index (κ1) is 13.8. The molecule has 3 aliphatic rings. The quantitative estimate of drug-likeness (QED) is 0.822. The first-order valence-corrected chi connectivity index (χ1v) is 8.43. The fraction of sp³-hybridized carbons (Fsp3) is 0.300. The van der Waals surface area contributed by atoms with Gasteiger partial charge in [-0.15, -0.1) is 0 Å². The molecule has 2 aromatic carbocycles. The van der Waals surface area contributed by atoms with E-state index in [1.54, 1.807) is 0 Å². The molecule has 1 N–H and O–H groups in total. The molecule has 1 aliphatic carbocycles. The van der Waals surface area contributed by atoms with Crippen molar-refractivity contribution in [3.8, 4) is 5.75 Å². The molecule has 4 nitrogen and oxygen atoms in total. The van der Waals surface area contributed by atoms with Gasteiger partial charge in [0.15, 0.2) is 0 Å². The highest BCUT2D eigenvalue weighted by atomic mass is 16.5. The Hall–Kier alpha value is -2.62. The summed E-state index contributed by atoms with van der Waals surface area (Å²) in [7, 11) is 0. The highest BCUT2D eigenvalue weighted by Gasteiger charge is 2.51. The van der Waals surface area contributed by atoms with E-state index in [4.69, 9.17) is 4.74 Å². The number of ether oxygens (including phenoxy) is 1. The highest BCUT2D eigenvalue weighted by Crippen LogP contribution is 2.48. The summed E-state index contributed by atoms with van der Waals surface area (Å²) in [5.41, 5.74) is 2.71. The lowest BCUT2D eigenvalue weighted by Crippen LogP contribution is -2.54. The molecule has 0 bridgehead atoms. The summed E-state index contributed by atoms with van der Waals surface area (Å²) in [4.78, 5) is 25.4. The first-order valence-electron chi connectivity index (χ1n) is 8.43. The van der Waals surface area contributed by atoms with E-state index in [1.807, 2.05) is 36.4 Å². The van der Waals surface area contributed by atoms with Crippen LogP contribution in [-0.4, -0.2) is 18.4 Å². The predicted octanol–water partition coefficient (Wildman–Crippen LogP) is 2.90. The van der Waals surface area contributed by atoms with E-state index in [2.05, 4.69) is 11.4 Å². The lowest BCUT2D eigenvalue weighted by Gasteiger charge is -2.41. The van der Waals surface area contributed by atoms with E-state index in [1.165, 1.54) is 18.4 Å². The zero-order valence-corrected chi connectivity index (χ0v) is 13.2. The third-order valence-electron chi connectivity index (χ3n) is 5.49. The van der Waals surface area contributed by atoms with Crippen molar-refractivity contribution in [3.63, 3.8) is 0 Å². The van der Waals surface area contributed by atoms with E-state index in [0.29, 0.717) is 24.5 Å². The largest absolute Gasteiger partial charge is 0.493 e. The van der Waals surface area contributed by atoms with Gasteiger partial charge in [0.25, 0.3) is 5.91 Å². The number of amides is 2. The van der Waals surface area contributed by atoms with Crippen LogP contribution in [0, 0.1) is 0 Å². The zero-order chi connectivity index (χ0) is 16.3. The lowest BCUT2D eigenvalue weighted by molar-refractivity contribution is -0.125. The van der Waals surface area contributed by atoms with Crippen molar-refractivity contribution >= 4 is 11.8 Å². The second-order valence-electron chi connectivity index (χ2n) is 6.86. The molecule has 4 heteroatoms. The number of fused-ring (bicyclic) bond motifs is 4. The van der Waals surface area contributed by atoms with Crippen LogP contribution in [0.25, 0.3) is 0 Å². The van der Waals surface area contributed by atoms with Crippen LogP contribution >= 0.6 is 0 Å². The van der Waals surface area contributed by atoms with Crippen molar-refractivity contribution in [3.05, 3.63) is 64.7 Å². The number of hydrogen-bond acceptors (Lipinski definition) is 3. The SMILES string of the molecule is O=C1NC(=O)C2(CCOc3ccccc32)c2cc(C3CC3)ccc21. The summed E-state index contributed by atoms with van der Waals surface area (Å²) in [6.45, 7) is 0.464. The number of hydrogen-bond donors (Lipinski definition) is 1. The number of imide groups is 1. The molecule has 0 radical (unpaired) electrons. The maximum Gasteiger partial charge on any atom is 0.258 e. The molecule has 5 rings (SSSR count). The Kier molecular flexibility index (Phi) is 2.70. The first-order chi connectivity index (χ1) is 11.7. The molecular weight excluding hydrogens is 302 g/mol. The minimum atomic E-state index is -0.830. The molecule has 1 unspecified atom stereocenters. The van der Waals surface area contributed by atoms with E-state index in [9.17, 15) is 9.59 Å². The third-order valence-corrected chi connectivity index (χ3v) is 5.49. The van der Waals surface area contributed by atoms with Crippen LogP contribution in [0.2, 0.25) is 0 Å². The molecule has 24 heavy (non-hydrogen) atoms. The summed E-state index contributed by atoms with van der Waals surface area (Å²) in [6.07, 6.45) is 2.92. The molecule has 2 amide bonds. The van der Waals surface area contributed by atoms with Crippen LogP contribution < -0.4 is 10.1 Å². The van der Waals surface area contributed by atoms with Gasteiger partial charge in [0.05, 0.1) is 6.61 Å². The second-order valence-corrected chi connectivity index (χ2v) is 6.86. The molecular formula is C20H17NO3. The topological polar surface area (TPSA) is 55.4 Å². The van der Waals surface area contributed by atoms with E-state index in [0.717, 1.165) is 16.9 Å². The summed E-state index contributed by atoms with van der Waals surface area (Å²) in [5.74, 6) is 0.772. The van der Waals surface area contributed by atoms with Crippen LogP contribution in [0.15, 0.2) is 42.5 Å². The van der Waals surface area contributed by atoms with Crippen molar-refractivity contribution < 1.29 is 14.3 Å². The van der Waals surface area contributed by atoms with E-state index in [-0.39, 0.29) is 11.8 Å². The maximum atomic E-state index is 13.0. The summed E-state index contributed by atoms with van der Waals surface area (Å²) in [6, 6.07) is 13.7. The summed E-state index contributed by atoms with van der Waals surface area (Å²) < 4.78 is 5.77. The Morgan fingerprint density at radius 1 is 1.04 bits per heavy atom. The Labute approximate surface area is 139 Å². The molecule has 120 valence electrons. The minimum absolute atomic E-state index is 0.233. The number of carbonyl (C=O) groups excluding carboxylic acids is 2. The Bertz CT molecular complexity index is 884. The van der Waals surface area contributed by atoms with Crippen LogP contribution in [0.3, 0.4) is 0 Å². The fourth-order valence-electron chi connectivity index (χ4n) is 4.09. The normalized spacial score (nSPS) is 24.8. The Morgan fingerprint density at radius 3 is 2.71 bits per heavy atom. The molecule has 1 saturated carbocycles. The van der Waals surface area contributed by atoms with Gasteiger partial charge in [-0.1, -0.05) is 30.3 Å². The van der Waals surface area contributed by atoms with Gasteiger partial charge in [0.1, 0.15) is 11.2 Å². The Balaban J connectivity index is 1.81. The van der Waals surface area contributed by atoms with Gasteiger partial charge >= 0.3 is 0 Å². The van der Waals surface area contributed by atoms with Gasteiger partial charge in [-0.05, 0) is 42.0 Å². The van der Waals surface area contributed by atoms with Gasteiger partial charge < -0.3 is 4.74 Å². The van der Waals surface area contributed by atoms with Crippen molar-refractivity contribution in [2.45, 2.75) is 30.6 Å². The standard InChI is InChI=1S/C20H17NO3/c22-18-14-8-7-13(12-5-6-12)11-16(14)20(19(23)21-18)9-10-24-17-4-2-1-3-15(17)20/h1-4,7-8,11-12H,5-6,9-10H2,(H,21,22,23). The summed E-state index contributed by atoms with van der Waals surface area (Å²) >= 11 is 0. The van der Waals surface area contributed by atoms with Crippen LogP contribution in [0.5, 0.6) is 5.75 Å². The summed E-state index contributed by atoms with van der Waals surface area (Å²) in [5, 5.41) is 2.57. The molecule has 2 aromatic rings. The number of benzene rings is 2. The molecule has 0 aromatic heterocycles. The van der Waals surface area contributed by atoms with Crippen molar-refractivity contribution in [2.24, 2.45) is 0 Å². The molecule has 2 aliphatic heterocycles. The minimum Gasteiger partial charge on any atom is -0.493 e. The monoisotopic (exact) mass is 319 g/mol. The number of para-hydroxylation sites is 1. The van der Waals surface area contributed by atoms with E-state index >= 15 is 0 Å². The zero-order valence-electron chi connectivity index (χ0n) is 13.2. The van der Waals surface area contributed by atoms with Crippen molar-refractivity contribution in [2.75, 3.05) is 6.61 Å². The number of rotatable bonds is 1. The molecule has 1 atom stereocenters. The van der Waals surface area contributed by atoms with Crippen molar-refractivity contribution in [1.82, 2.24) is 5.32 Å². The smallest absolute Gasteiger partial charge is 0.258 e.